The highest BCUT2D eigenvalue weighted by Crippen LogP contribution is 2.32. The lowest BCUT2D eigenvalue weighted by Crippen LogP contribution is -2.29. The Morgan fingerprint density at radius 1 is 1.22 bits per heavy atom. The predicted molar refractivity (Wildman–Crippen MR) is 77.6 cm³/mol. The summed E-state index contributed by atoms with van der Waals surface area (Å²) in [5.41, 5.74) is 4.26. The van der Waals surface area contributed by atoms with Crippen LogP contribution in [0, 0.1) is 0 Å². The number of rotatable bonds is 3. The predicted octanol–water partition coefficient (Wildman–Crippen LogP) is 3.70. The third-order valence-electron chi connectivity index (χ3n) is 2.51. The van der Waals surface area contributed by atoms with Gasteiger partial charge in [-0.25, -0.2) is 5.43 Å². The number of pyridine rings is 1. The normalized spacial score (nSPS) is 12.4. The Morgan fingerprint density at radius 2 is 2.00 bits per heavy atom. The summed E-state index contributed by atoms with van der Waals surface area (Å²) >= 11 is 15.5. The van der Waals surface area contributed by atoms with Crippen molar-refractivity contribution in [3.05, 3.63) is 62.3 Å². The summed E-state index contributed by atoms with van der Waals surface area (Å²) in [5, 5.41) is 0.971. The molecule has 0 saturated heterocycles. The number of hydrazine groups is 1. The zero-order valence-corrected chi connectivity index (χ0v) is 12.3. The van der Waals surface area contributed by atoms with Gasteiger partial charge >= 0.3 is 0 Å². The van der Waals surface area contributed by atoms with Crippen molar-refractivity contribution in [1.82, 2.24) is 10.4 Å². The Balaban J connectivity index is 2.45. The largest absolute Gasteiger partial charge is 0.271 e. The number of hydrogen-bond acceptors (Lipinski definition) is 3. The van der Waals surface area contributed by atoms with E-state index in [1.807, 2.05) is 24.3 Å². The summed E-state index contributed by atoms with van der Waals surface area (Å²) in [6.45, 7) is 0. The Kier molecular flexibility index (Phi) is 4.59. The van der Waals surface area contributed by atoms with Gasteiger partial charge in [-0.05, 0) is 39.7 Å². The molecule has 1 aromatic carbocycles. The summed E-state index contributed by atoms with van der Waals surface area (Å²) in [4.78, 5) is 4.31. The van der Waals surface area contributed by atoms with Gasteiger partial charge in [0.2, 0.25) is 0 Å². The second-order valence-corrected chi connectivity index (χ2v) is 5.34. The second-order valence-electron chi connectivity index (χ2n) is 3.64. The van der Waals surface area contributed by atoms with Gasteiger partial charge in [0.15, 0.2) is 0 Å². The number of nitrogens with two attached hydrogens (primary N) is 1. The molecule has 94 valence electrons. The molecular weight excluding hydrogens is 337 g/mol. The highest BCUT2D eigenvalue weighted by atomic mass is 79.9. The van der Waals surface area contributed by atoms with Crippen molar-refractivity contribution < 1.29 is 0 Å². The van der Waals surface area contributed by atoms with Crippen molar-refractivity contribution in [2.45, 2.75) is 6.04 Å². The first-order valence-electron chi connectivity index (χ1n) is 5.15. The lowest BCUT2D eigenvalue weighted by Gasteiger charge is -2.17. The molecule has 0 aliphatic rings. The third-order valence-corrected chi connectivity index (χ3v) is 3.81. The van der Waals surface area contributed by atoms with Crippen LogP contribution in [-0.4, -0.2) is 4.98 Å². The lowest BCUT2D eigenvalue weighted by molar-refractivity contribution is 0.621. The number of nitrogens with zero attached hydrogens (tertiary/aromatic N) is 1. The van der Waals surface area contributed by atoms with Crippen molar-refractivity contribution in [3.63, 3.8) is 0 Å². The van der Waals surface area contributed by atoms with E-state index < -0.39 is 0 Å². The quantitative estimate of drug-likeness (QED) is 0.658. The maximum Gasteiger partial charge on any atom is 0.0896 e. The molecule has 0 amide bonds. The van der Waals surface area contributed by atoms with Crippen LogP contribution in [0.3, 0.4) is 0 Å². The van der Waals surface area contributed by atoms with Crippen LogP contribution < -0.4 is 11.3 Å². The topological polar surface area (TPSA) is 50.9 Å². The Labute approximate surface area is 123 Å². The smallest absolute Gasteiger partial charge is 0.0896 e. The summed E-state index contributed by atoms with van der Waals surface area (Å²) in [6, 6.07) is 8.88. The average molecular weight is 347 g/mol. The number of nitrogens with one attached hydrogen (secondary N) is 1. The van der Waals surface area contributed by atoms with Crippen LogP contribution in [0.15, 0.2) is 41.0 Å². The fourth-order valence-electron chi connectivity index (χ4n) is 1.64. The second kappa shape index (κ2) is 5.99. The van der Waals surface area contributed by atoms with E-state index in [1.165, 1.54) is 0 Å². The van der Waals surface area contributed by atoms with Crippen molar-refractivity contribution in [2.75, 3.05) is 0 Å². The molecule has 1 unspecified atom stereocenters. The minimum absolute atomic E-state index is 0.302. The molecular formula is C12H10BrCl2N3. The molecule has 3 N–H and O–H groups in total. The summed E-state index contributed by atoms with van der Waals surface area (Å²) in [5.74, 6) is 5.59. The van der Waals surface area contributed by atoms with E-state index in [-0.39, 0.29) is 6.04 Å². The van der Waals surface area contributed by atoms with E-state index in [0.717, 1.165) is 15.7 Å². The van der Waals surface area contributed by atoms with Gasteiger partial charge in [0.1, 0.15) is 0 Å². The summed E-state index contributed by atoms with van der Waals surface area (Å²) in [7, 11) is 0. The number of benzene rings is 1. The Bertz CT molecular complexity index is 546. The van der Waals surface area contributed by atoms with Crippen molar-refractivity contribution in [2.24, 2.45) is 5.84 Å². The maximum atomic E-state index is 6.18. The van der Waals surface area contributed by atoms with Crippen molar-refractivity contribution in [1.29, 1.82) is 0 Å². The van der Waals surface area contributed by atoms with Gasteiger partial charge in [0.25, 0.3) is 0 Å². The first-order valence-corrected chi connectivity index (χ1v) is 6.70. The summed E-state index contributed by atoms with van der Waals surface area (Å²) in [6.07, 6.45) is 1.71. The number of halogens is 3. The fraction of sp³-hybridized carbons (Fsp3) is 0.0833. The van der Waals surface area contributed by atoms with Crippen LogP contribution in [0.2, 0.25) is 10.0 Å². The minimum Gasteiger partial charge on any atom is -0.271 e. The van der Waals surface area contributed by atoms with Crippen LogP contribution in [0.4, 0.5) is 0 Å². The molecule has 1 heterocycles. The number of aromatic nitrogens is 1. The monoisotopic (exact) mass is 345 g/mol. The maximum absolute atomic E-state index is 6.18. The molecule has 0 spiro atoms. The van der Waals surface area contributed by atoms with E-state index in [2.05, 4.69) is 26.3 Å². The lowest BCUT2D eigenvalue weighted by atomic mass is 10.0. The fourth-order valence-corrected chi connectivity index (χ4v) is 2.29. The third kappa shape index (κ3) is 2.84. The van der Waals surface area contributed by atoms with Gasteiger partial charge in [-0.3, -0.25) is 10.8 Å². The number of hydrogen-bond donors (Lipinski definition) is 2. The highest BCUT2D eigenvalue weighted by molar-refractivity contribution is 9.10. The zero-order valence-electron chi connectivity index (χ0n) is 9.20. The van der Waals surface area contributed by atoms with E-state index in [1.54, 1.807) is 12.3 Å². The van der Waals surface area contributed by atoms with Crippen LogP contribution in [-0.2, 0) is 0 Å². The van der Waals surface area contributed by atoms with Gasteiger partial charge in [-0.15, -0.1) is 0 Å². The van der Waals surface area contributed by atoms with Crippen LogP contribution in [0.5, 0.6) is 0 Å². The molecule has 2 rings (SSSR count). The van der Waals surface area contributed by atoms with E-state index in [4.69, 9.17) is 29.0 Å². The molecule has 0 radical (unpaired) electrons. The average Bonchev–Trinajstić information content (AvgIpc) is 2.37. The molecule has 18 heavy (non-hydrogen) atoms. The van der Waals surface area contributed by atoms with Gasteiger partial charge in [-0.2, -0.15) is 0 Å². The molecule has 0 saturated carbocycles. The Morgan fingerprint density at radius 3 is 2.61 bits per heavy atom. The Hall–Kier alpha value is -0.650. The SMILES string of the molecule is NNC(c1ccc(Br)cn1)c1cccc(Cl)c1Cl. The molecule has 1 aromatic heterocycles. The molecule has 2 aromatic rings. The van der Waals surface area contributed by atoms with Gasteiger partial charge in [-0.1, -0.05) is 35.3 Å². The first kappa shape index (κ1) is 13.8. The standard InChI is InChI=1S/C12H10BrCl2N3/c13-7-4-5-10(17-6-7)12(18-16)8-2-1-3-9(14)11(8)15/h1-6,12,18H,16H2. The molecule has 6 heteroatoms. The van der Waals surface area contributed by atoms with Crippen LogP contribution in [0.25, 0.3) is 0 Å². The van der Waals surface area contributed by atoms with E-state index in [0.29, 0.717) is 10.0 Å². The first-order chi connectivity index (χ1) is 8.63. The van der Waals surface area contributed by atoms with Crippen LogP contribution in [0.1, 0.15) is 17.3 Å². The molecule has 1 atom stereocenters. The molecule has 3 nitrogen and oxygen atoms in total. The van der Waals surface area contributed by atoms with E-state index in [9.17, 15) is 0 Å². The van der Waals surface area contributed by atoms with Gasteiger partial charge in [0.05, 0.1) is 21.8 Å². The van der Waals surface area contributed by atoms with Gasteiger partial charge in [0, 0.05) is 10.7 Å². The summed E-state index contributed by atoms with van der Waals surface area (Å²) < 4.78 is 0.902. The molecule has 0 aliphatic heterocycles. The minimum atomic E-state index is -0.302. The molecule has 0 aliphatic carbocycles. The zero-order chi connectivity index (χ0) is 13.1. The van der Waals surface area contributed by atoms with Crippen LogP contribution >= 0.6 is 39.1 Å². The molecule has 0 fully saturated rings. The van der Waals surface area contributed by atoms with E-state index >= 15 is 0 Å². The van der Waals surface area contributed by atoms with Crippen molar-refractivity contribution in [3.8, 4) is 0 Å². The molecule has 0 bridgehead atoms. The van der Waals surface area contributed by atoms with Crippen molar-refractivity contribution >= 4 is 39.1 Å². The highest BCUT2D eigenvalue weighted by Gasteiger charge is 2.18. The van der Waals surface area contributed by atoms with Gasteiger partial charge < -0.3 is 0 Å².